The van der Waals surface area contributed by atoms with Gasteiger partial charge in [0.15, 0.2) is 5.60 Å². The van der Waals surface area contributed by atoms with Gasteiger partial charge in [-0.25, -0.2) is 13.2 Å². The van der Waals surface area contributed by atoms with Gasteiger partial charge >= 0.3 is 0 Å². The third kappa shape index (κ3) is 2.54. The molecule has 1 aliphatic rings. The van der Waals surface area contributed by atoms with Crippen LogP contribution in [0.25, 0.3) is 0 Å². The van der Waals surface area contributed by atoms with Gasteiger partial charge in [0.2, 0.25) is 5.91 Å². The molecule has 0 saturated heterocycles. The van der Waals surface area contributed by atoms with Gasteiger partial charge in [0.1, 0.15) is 30.5 Å². The number of alkyl halides is 2. The van der Waals surface area contributed by atoms with Crippen molar-refractivity contribution in [3.8, 4) is 0 Å². The molecule has 0 fully saturated rings. The highest BCUT2D eigenvalue weighted by Crippen LogP contribution is 2.35. The molecular formula is C14H16F3N3O2. The minimum atomic E-state index is -1.93. The standard InChI is InChI=1S/C14H16F3N3O2/c1-13(7-22-14(5-15,6-16)12(19)20-13)9-4-8(11(18)21)2-3-10(9)17/h2-4H,5-7H2,1H3,(H2,18,21)(H2,19,20)/t13-/m0/s1. The van der Waals surface area contributed by atoms with E-state index in [1.165, 1.54) is 19.1 Å². The van der Waals surface area contributed by atoms with Crippen LogP contribution in [-0.4, -0.2) is 37.3 Å². The number of carbonyl (C=O) groups excluding carboxylic acids is 1. The average molecular weight is 315 g/mol. The number of nitrogens with two attached hydrogens (primary N) is 2. The Bertz CT molecular complexity index is 632. The van der Waals surface area contributed by atoms with Crippen molar-refractivity contribution in [2.45, 2.75) is 18.1 Å². The molecule has 0 radical (unpaired) electrons. The SMILES string of the molecule is C[C@@]1(c2cc(C(N)=O)ccc2F)COC(CF)(CF)C(N)=N1. The van der Waals surface area contributed by atoms with Gasteiger partial charge in [0.25, 0.3) is 0 Å². The molecule has 120 valence electrons. The lowest BCUT2D eigenvalue weighted by atomic mass is 9.89. The second-order valence-corrected chi connectivity index (χ2v) is 5.38. The summed E-state index contributed by atoms with van der Waals surface area (Å²) in [7, 11) is 0. The highest BCUT2D eigenvalue weighted by atomic mass is 19.1. The number of carbonyl (C=O) groups is 1. The maximum absolute atomic E-state index is 14.1. The summed E-state index contributed by atoms with van der Waals surface area (Å²) in [6, 6.07) is 3.53. The van der Waals surface area contributed by atoms with Crippen molar-refractivity contribution in [3.63, 3.8) is 0 Å². The molecule has 4 N–H and O–H groups in total. The maximum Gasteiger partial charge on any atom is 0.248 e. The third-order valence-electron chi connectivity index (χ3n) is 3.73. The van der Waals surface area contributed by atoms with Crippen LogP contribution in [0, 0.1) is 5.82 Å². The number of amides is 1. The number of ether oxygens (including phenoxy) is 1. The van der Waals surface area contributed by atoms with Gasteiger partial charge < -0.3 is 16.2 Å². The van der Waals surface area contributed by atoms with E-state index in [4.69, 9.17) is 16.2 Å². The Hall–Kier alpha value is -2.09. The number of aliphatic imine (C=N–C) groups is 1. The number of hydrogen-bond donors (Lipinski definition) is 2. The first kappa shape index (κ1) is 16.3. The van der Waals surface area contributed by atoms with E-state index in [0.29, 0.717) is 0 Å². The van der Waals surface area contributed by atoms with Crippen LogP contribution in [0.1, 0.15) is 22.8 Å². The fourth-order valence-electron chi connectivity index (χ4n) is 2.23. The first-order chi connectivity index (χ1) is 10.3. The number of halogens is 3. The monoisotopic (exact) mass is 315 g/mol. The summed E-state index contributed by atoms with van der Waals surface area (Å²) >= 11 is 0. The topological polar surface area (TPSA) is 90.7 Å². The molecule has 1 amide bonds. The molecule has 1 atom stereocenters. The second kappa shape index (κ2) is 5.60. The number of primary amides is 1. The van der Waals surface area contributed by atoms with E-state index in [-0.39, 0.29) is 17.7 Å². The van der Waals surface area contributed by atoms with Gasteiger partial charge in [0, 0.05) is 11.1 Å². The number of amidine groups is 1. The molecule has 1 aliphatic heterocycles. The zero-order valence-electron chi connectivity index (χ0n) is 11.9. The maximum atomic E-state index is 14.1. The molecule has 0 aromatic heterocycles. The van der Waals surface area contributed by atoms with Crippen LogP contribution < -0.4 is 11.5 Å². The Morgan fingerprint density at radius 3 is 2.55 bits per heavy atom. The van der Waals surface area contributed by atoms with Crippen LogP contribution >= 0.6 is 0 Å². The summed E-state index contributed by atoms with van der Waals surface area (Å²) in [5.74, 6) is -1.78. The van der Waals surface area contributed by atoms with Gasteiger partial charge in [-0.3, -0.25) is 9.79 Å². The summed E-state index contributed by atoms with van der Waals surface area (Å²) in [6.45, 7) is -1.17. The minimum Gasteiger partial charge on any atom is -0.385 e. The normalized spacial score (nSPS) is 23.9. The van der Waals surface area contributed by atoms with E-state index in [1.807, 2.05) is 0 Å². The predicted octanol–water partition coefficient (Wildman–Crippen LogP) is 1.21. The van der Waals surface area contributed by atoms with Gasteiger partial charge in [-0.1, -0.05) is 0 Å². The van der Waals surface area contributed by atoms with Crippen molar-refractivity contribution in [2.24, 2.45) is 16.5 Å². The van der Waals surface area contributed by atoms with Crippen LogP contribution in [0.2, 0.25) is 0 Å². The van der Waals surface area contributed by atoms with Crippen molar-refractivity contribution >= 4 is 11.7 Å². The Labute approximate surface area is 125 Å². The zero-order chi connectivity index (χ0) is 16.5. The van der Waals surface area contributed by atoms with Crippen molar-refractivity contribution in [2.75, 3.05) is 20.0 Å². The van der Waals surface area contributed by atoms with Crippen molar-refractivity contribution in [1.82, 2.24) is 0 Å². The highest BCUT2D eigenvalue weighted by molar-refractivity contribution is 5.93. The van der Waals surface area contributed by atoms with Crippen LogP contribution in [0.3, 0.4) is 0 Å². The van der Waals surface area contributed by atoms with Crippen molar-refractivity contribution in [1.29, 1.82) is 0 Å². The fraction of sp³-hybridized carbons (Fsp3) is 0.429. The van der Waals surface area contributed by atoms with E-state index in [1.54, 1.807) is 0 Å². The molecule has 5 nitrogen and oxygen atoms in total. The Morgan fingerprint density at radius 2 is 2.05 bits per heavy atom. The summed E-state index contributed by atoms with van der Waals surface area (Å²) < 4.78 is 45.3. The Balaban J connectivity index is 2.51. The van der Waals surface area contributed by atoms with Gasteiger partial charge in [-0.05, 0) is 25.1 Å². The fourth-order valence-corrected chi connectivity index (χ4v) is 2.23. The highest BCUT2D eigenvalue weighted by Gasteiger charge is 2.45. The van der Waals surface area contributed by atoms with E-state index in [0.717, 1.165) is 6.07 Å². The molecule has 0 spiro atoms. The van der Waals surface area contributed by atoms with E-state index in [9.17, 15) is 18.0 Å². The molecule has 0 unspecified atom stereocenters. The summed E-state index contributed by atoms with van der Waals surface area (Å²) in [5.41, 5.74) is 7.64. The van der Waals surface area contributed by atoms with E-state index >= 15 is 0 Å². The first-order valence-corrected chi connectivity index (χ1v) is 6.49. The summed E-state index contributed by atoms with van der Waals surface area (Å²) in [6.07, 6.45) is 0. The van der Waals surface area contributed by atoms with E-state index in [2.05, 4.69) is 4.99 Å². The van der Waals surface area contributed by atoms with Gasteiger partial charge in [-0.2, -0.15) is 0 Å². The lowest BCUT2D eigenvalue weighted by molar-refractivity contribution is -0.0575. The number of rotatable bonds is 4. The predicted molar refractivity (Wildman–Crippen MR) is 74.5 cm³/mol. The van der Waals surface area contributed by atoms with Crippen LogP contribution in [0.15, 0.2) is 23.2 Å². The largest absolute Gasteiger partial charge is 0.385 e. The van der Waals surface area contributed by atoms with E-state index < -0.39 is 42.0 Å². The molecule has 2 rings (SSSR count). The molecule has 1 aromatic rings. The quantitative estimate of drug-likeness (QED) is 0.875. The number of benzene rings is 1. The Morgan fingerprint density at radius 1 is 1.41 bits per heavy atom. The Kier molecular flexibility index (Phi) is 4.15. The smallest absolute Gasteiger partial charge is 0.248 e. The van der Waals surface area contributed by atoms with Crippen LogP contribution in [-0.2, 0) is 10.3 Å². The van der Waals surface area contributed by atoms with Crippen LogP contribution in [0.4, 0.5) is 13.2 Å². The summed E-state index contributed by atoms with van der Waals surface area (Å²) in [5, 5.41) is 0. The minimum absolute atomic E-state index is 0.0121. The van der Waals surface area contributed by atoms with Gasteiger partial charge in [0.05, 0.1) is 6.61 Å². The third-order valence-corrected chi connectivity index (χ3v) is 3.73. The molecule has 1 heterocycles. The number of hydrogen-bond acceptors (Lipinski definition) is 4. The lowest BCUT2D eigenvalue weighted by Crippen LogP contribution is -2.56. The summed E-state index contributed by atoms with van der Waals surface area (Å²) in [4.78, 5) is 15.3. The molecule has 1 aromatic carbocycles. The van der Waals surface area contributed by atoms with Crippen molar-refractivity contribution < 1.29 is 22.7 Å². The lowest BCUT2D eigenvalue weighted by Gasteiger charge is -2.39. The number of nitrogens with zero attached hydrogens (tertiary/aromatic N) is 1. The first-order valence-electron chi connectivity index (χ1n) is 6.49. The average Bonchev–Trinajstić information content (AvgIpc) is 2.48. The molecule has 8 heteroatoms. The second-order valence-electron chi connectivity index (χ2n) is 5.38. The molecule has 0 saturated carbocycles. The zero-order valence-corrected chi connectivity index (χ0v) is 11.9. The van der Waals surface area contributed by atoms with Crippen molar-refractivity contribution in [3.05, 3.63) is 35.1 Å². The molecule has 0 aliphatic carbocycles. The molecule has 22 heavy (non-hydrogen) atoms. The van der Waals surface area contributed by atoms with Crippen LogP contribution in [0.5, 0.6) is 0 Å². The molecule has 0 bridgehead atoms. The molecular weight excluding hydrogens is 299 g/mol. The van der Waals surface area contributed by atoms with Gasteiger partial charge in [-0.15, -0.1) is 0 Å².